The monoisotopic (exact) mass is 492 g/mol. The van der Waals surface area contributed by atoms with Gasteiger partial charge in [0.2, 0.25) is 0 Å². The van der Waals surface area contributed by atoms with E-state index in [2.05, 4.69) is 11.9 Å². The molecule has 0 saturated carbocycles. The van der Waals surface area contributed by atoms with Crippen molar-refractivity contribution in [2.75, 3.05) is 23.0 Å². The summed E-state index contributed by atoms with van der Waals surface area (Å²) in [6, 6.07) is 14.4. The van der Waals surface area contributed by atoms with Crippen LogP contribution in [0.5, 0.6) is 5.75 Å². The summed E-state index contributed by atoms with van der Waals surface area (Å²) >= 11 is 7.29. The lowest BCUT2D eigenvalue weighted by atomic mass is 10.1. The molecule has 2 aromatic rings. The molecule has 0 spiro atoms. The Morgan fingerprint density at radius 1 is 1.22 bits per heavy atom. The number of carbonyl (C=O) groups is 1. The third-order valence-electron chi connectivity index (χ3n) is 5.42. The molecule has 2 aromatic carbocycles. The van der Waals surface area contributed by atoms with Crippen LogP contribution in [0.25, 0.3) is 0 Å². The number of ether oxygens (including phenoxy) is 1. The standard InChI is InChI=1S/C23H25ClN2O4S2/c1-2-3-11-30-19-6-4-5-18(13-19)26-20-14-32(28,29)15-21(20)31-23(26)25-22(27)12-16-7-9-17(24)10-8-16/h4-10,13,20-21H,2-3,11-12,14-15H2,1H3/t20-,21-/m1/s1. The second kappa shape index (κ2) is 9.85. The van der Waals surface area contributed by atoms with E-state index in [1.165, 1.54) is 11.8 Å². The van der Waals surface area contributed by atoms with Crippen molar-refractivity contribution < 1.29 is 17.9 Å². The van der Waals surface area contributed by atoms with E-state index in [1.54, 1.807) is 24.3 Å². The summed E-state index contributed by atoms with van der Waals surface area (Å²) < 4.78 is 30.4. The number of carbonyl (C=O) groups excluding carboxylic acids is 1. The van der Waals surface area contributed by atoms with Crippen molar-refractivity contribution >= 4 is 50.0 Å². The van der Waals surface area contributed by atoms with Gasteiger partial charge in [0.25, 0.3) is 5.91 Å². The molecule has 2 saturated heterocycles. The number of hydrogen-bond acceptors (Lipinski definition) is 5. The SMILES string of the molecule is CCCCOc1cccc(N2C(=NC(=O)Cc3ccc(Cl)cc3)S[C@@H]3CS(=O)(=O)C[C@H]32)c1. The lowest BCUT2D eigenvalue weighted by Crippen LogP contribution is -2.37. The topological polar surface area (TPSA) is 76.0 Å². The van der Waals surface area contributed by atoms with E-state index in [9.17, 15) is 13.2 Å². The van der Waals surface area contributed by atoms with Gasteiger partial charge in [-0.25, -0.2) is 8.42 Å². The van der Waals surface area contributed by atoms with Crippen molar-refractivity contribution in [2.24, 2.45) is 4.99 Å². The summed E-state index contributed by atoms with van der Waals surface area (Å²) in [4.78, 5) is 19.0. The van der Waals surface area contributed by atoms with Crippen LogP contribution in [0.3, 0.4) is 0 Å². The maximum atomic E-state index is 12.7. The minimum atomic E-state index is -3.12. The van der Waals surface area contributed by atoms with Crippen LogP contribution in [-0.4, -0.2) is 48.9 Å². The smallest absolute Gasteiger partial charge is 0.252 e. The number of aliphatic imine (C=N–C) groups is 1. The Morgan fingerprint density at radius 3 is 2.75 bits per heavy atom. The average molecular weight is 493 g/mol. The minimum absolute atomic E-state index is 0.0516. The summed E-state index contributed by atoms with van der Waals surface area (Å²) in [6.45, 7) is 2.72. The first-order valence-corrected chi connectivity index (χ1v) is 13.7. The fraction of sp³-hybridized carbons (Fsp3) is 0.391. The molecule has 9 heteroatoms. The zero-order valence-electron chi connectivity index (χ0n) is 17.7. The van der Waals surface area contributed by atoms with Gasteiger partial charge in [0.1, 0.15) is 5.75 Å². The van der Waals surface area contributed by atoms with E-state index in [-0.39, 0.29) is 35.1 Å². The molecule has 32 heavy (non-hydrogen) atoms. The van der Waals surface area contributed by atoms with Gasteiger partial charge in [0.15, 0.2) is 15.0 Å². The van der Waals surface area contributed by atoms with Crippen LogP contribution < -0.4 is 9.64 Å². The third kappa shape index (κ3) is 5.47. The third-order valence-corrected chi connectivity index (χ3v) is 8.88. The van der Waals surface area contributed by atoms with Crippen molar-refractivity contribution in [3.05, 3.63) is 59.1 Å². The number of fused-ring (bicyclic) bond motifs is 1. The highest BCUT2D eigenvalue weighted by Crippen LogP contribution is 2.41. The fourth-order valence-corrected chi connectivity index (χ4v) is 7.90. The van der Waals surface area contributed by atoms with Crippen LogP contribution in [0, 0.1) is 0 Å². The lowest BCUT2D eigenvalue weighted by Gasteiger charge is -2.25. The molecule has 0 aromatic heterocycles. The number of benzene rings is 2. The number of thioether (sulfide) groups is 1. The van der Waals surface area contributed by atoms with Gasteiger partial charge in [0.05, 0.1) is 30.6 Å². The highest BCUT2D eigenvalue weighted by Gasteiger charge is 2.49. The summed E-state index contributed by atoms with van der Waals surface area (Å²) in [7, 11) is -3.12. The molecule has 0 aliphatic carbocycles. The molecule has 170 valence electrons. The highest BCUT2D eigenvalue weighted by atomic mass is 35.5. The minimum Gasteiger partial charge on any atom is -0.494 e. The zero-order valence-corrected chi connectivity index (χ0v) is 20.1. The molecular formula is C23H25ClN2O4S2. The normalized spacial score (nSPS) is 22.8. The predicted octanol–water partition coefficient (Wildman–Crippen LogP) is 4.36. The van der Waals surface area contributed by atoms with Crippen molar-refractivity contribution in [2.45, 2.75) is 37.5 Å². The van der Waals surface area contributed by atoms with E-state index in [1.807, 2.05) is 29.2 Å². The molecule has 6 nitrogen and oxygen atoms in total. The largest absolute Gasteiger partial charge is 0.494 e. The molecular weight excluding hydrogens is 468 g/mol. The molecule has 1 amide bonds. The van der Waals surface area contributed by atoms with Crippen LogP contribution in [0.1, 0.15) is 25.3 Å². The molecule has 2 heterocycles. The summed E-state index contributed by atoms with van der Waals surface area (Å²) in [5, 5.41) is 1.01. The quantitative estimate of drug-likeness (QED) is 0.534. The van der Waals surface area contributed by atoms with Crippen LogP contribution in [0.2, 0.25) is 5.02 Å². The van der Waals surface area contributed by atoms with E-state index < -0.39 is 9.84 Å². The Morgan fingerprint density at radius 2 is 2.00 bits per heavy atom. The Labute approximate surface area is 197 Å². The Kier molecular flexibility index (Phi) is 7.12. The van der Waals surface area contributed by atoms with Crippen LogP contribution in [-0.2, 0) is 21.1 Å². The van der Waals surface area contributed by atoms with Gasteiger partial charge in [0, 0.05) is 22.0 Å². The first kappa shape index (κ1) is 23.1. The summed E-state index contributed by atoms with van der Waals surface area (Å²) in [5.41, 5.74) is 1.61. The Hall–Kier alpha value is -2.03. The summed E-state index contributed by atoms with van der Waals surface area (Å²) in [6.07, 6.45) is 2.15. The fourth-order valence-electron chi connectivity index (χ4n) is 3.85. The maximum Gasteiger partial charge on any atom is 0.252 e. The molecule has 2 atom stereocenters. The Balaban J connectivity index is 1.60. The zero-order chi connectivity index (χ0) is 22.7. The number of halogens is 1. The first-order chi connectivity index (χ1) is 15.3. The van der Waals surface area contributed by atoms with E-state index in [0.717, 1.165) is 29.8 Å². The van der Waals surface area contributed by atoms with E-state index >= 15 is 0 Å². The molecule has 0 N–H and O–H groups in total. The summed E-state index contributed by atoms with van der Waals surface area (Å²) in [5.74, 6) is 0.585. The highest BCUT2D eigenvalue weighted by molar-refractivity contribution is 8.16. The van der Waals surface area contributed by atoms with Crippen molar-refractivity contribution in [1.82, 2.24) is 0 Å². The van der Waals surface area contributed by atoms with Gasteiger partial charge in [-0.2, -0.15) is 4.99 Å². The average Bonchev–Trinajstić information content (AvgIpc) is 3.20. The van der Waals surface area contributed by atoms with Gasteiger partial charge < -0.3 is 9.64 Å². The van der Waals surface area contributed by atoms with Gasteiger partial charge >= 0.3 is 0 Å². The number of amidine groups is 1. The van der Waals surface area contributed by atoms with Crippen LogP contribution in [0.15, 0.2) is 53.5 Å². The molecule has 2 fully saturated rings. The molecule has 0 unspecified atom stereocenters. The van der Waals surface area contributed by atoms with Gasteiger partial charge in [-0.15, -0.1) is 0 Å². The number of amides is 1. The van der Waals surface area contributed by atoms with Crippen molar-refractivity contribution in [1.29, 1.82) is 0 Å². The molecule has 2 aliphatic rings. The van der Waals surface area contributed by atoms with Crippen LogP contribution in [0.4, 0.5) is 5.69 Å². The number of unbranched alkanes of at least 4 members (excludes halogenated alkanes) is 1. The van der Waals surface area contributed by atoms with Gasteiger partial charge in [-0.1, -0.05) is 54.9 Å². The van der Waals surface area contributed by atoms with E-state index in [4.69, 9.17) is 16.3 Å². The van der Waals surface area contributed by atoms with Crippen LogP contribution >= 0.6 is 23.4 Å². The van der Waals surface area contributed by atoms with E-state index in [0.29, 0.717) is 16.8 Å². The molecule has 0 radical (unpaired) electrons. The van der Waals surface area contributed by atoms with Crippen molar-refractivity contribution in [3.63, 3.8) is 0 Å². The second-order valence-corrected chi connectivity index (χ2v) is 11.8. The number of anilines is 1. The van der Waals surface area contributed by atoms with Gasteiger partial charge in [-0.3, -0.25) is 4.79 Å². The first-order valence-electron chi connectivity index (χ1n) is 10.6. The van der Waals surface area contributed by atoms with Crippen molar-refractivity contribution in [3.8, 4) is 5.75 Å². The number of hydrogen-bond donors (Lipinski definition) is 0. The number of rotatable bonds is 7. The number of nitrogens with zero attached hydrogens (tertiary/aromatic N) is 2. The predicted molar refractivity (Wildman–Crippen MR) is 131 cm³/mol. The second-order valence-electron chi connectivity index (χ2n) is 7.96. The number of sulfone groups is 1. The molecule has 2 aliphatic heterocycles. The lowest BCUT2D eigenvalue weighted by molar-refractivity contribution is -0.117. The maximum absolute atomic E-state index is 12.7. The molecule has 4 rings (SSSR count). The molecule has 0 bridgehead atoms. The van der Waals surface area contributed by atoms with Gasteiger partial charge in [-0.05, 0) is 36.2 Å². The Bertz CT molecular complexity index is 1120.